The van der Waals surface area contributed by atoms with E-state index in [0.29, 0.717) is 11.8 Å². The molecule has 0 nitrogen and oxygen atoms in total. The van der Waals surface area contributed by atoms with Gasteiger partial charge in [-0.15, -0.1) is 28.5 Å². The van der Waals surface area contributed by atoms with Crippen molar-refractivity contribution in [2.24, 2.45) is 0 Å². The molecule has 19 heavy (non-hydrogen) atoms. The summed E-state index contributed by atoms with van der Waals surface area (Å²) in [6.45, 7) is 11.3. The average molecular weight is 463 g/mol. The van der Waals surface area contributed by atoms with E-state index in [4.69, 9.17) is 0 Å². The van der Waals surface area contributed by atoms with E-state index in [1.54, 1.807) is 0 Å². The largest absolute Gasteiger partial charge is 1.00 e. The maximum atomic E-state index is 2.39. The Morgan fingerprint density at radius 1 is 0.895 bits per heavy atom. The zero-order chi connectivity index (χ0) is 11.9. The predicted octanol–water partition coefficient (Wildman–Crippen LogP) is -0.881. The van der Waals surface area contributed by atoms with E-state index in [0.717, 1.165) is 0 Å². The molecule has 0 aliphatic heterocycles. The summed E-state index contributed by atoms with van der Waals surface area (Å²) >= 11 is 0. The van der Waals surface area contributed by atoms with Crippen LogP contribution in [-0.2, 0) is 25.8 Å². The maximum Gasteiger partial charge on any atom is 0 e. The van der Waals surface area contributed by atoms with Crippen molar-refractivity contribution < 1.29 is 50.7 Å². The molecule has 0 aromatic heterocycles. The Morgan fingerprint density at radius 2 is 1.47 bits per heavy atom. The minimum absolute atomic E-state index is 0. The van der Waals surface area contributed by atoms with Gasteiger partial charge in [0.25, 0.3) is 0 Å². The van der Waals surface area contributed by atoms with Crippen LogP contribution in [0, 0.1) is 6.92 Å². The number of hydrogen-bond acceptors (Lipinski definition) is 0. The number of hydrogen-bond donors (Lipinski definition) is 0. The van der Waals surface area contributed by atoms with Crippen LogP contribution in [0.2, 0.25) is 0 Å². The molecule has 0 radical (unpaired) electrons. The predicted molar refractivity (Wildman–Crippen MR) is 72.5 cm³/mol. The molecule has 2 aromatic carbocycles. The molecule has 0 saturated heterocycles. The fraction of sp³-hybridized carbons (Fsp3) is 0.438. The van der Waals surface area contributed by atoms with Gasteiger partial charge in [-0.05, 0) is 11.8 Å². The normalized spacial score (nSPS) is 10.1. The summed E-state index contributed by atoms with van der Waals surface area (Å²) in [4.78, 5) is 0. The minimum Gasteiger partial charge on any atom is -1.00 e. The second-order valence-corrected chi connectivity index (χ2v) is 5.46. The van der Waals surface area contributed by atoms with E-state index >= 15 is 0 Å². The molecule has 2 rings (SSSR count). The molecule has 2 aromatic rings. The van der Waals surface area contributed by atoms with Crippen LogP contribution in [0.3, 0.4) is 0 Å². The molecular formula is C16H21Cl2Hf-3. The molecular weight excluding hydrogens is 442 g/mol. The van der Waals surface area contributed by atoms with Crippen LogP contribution in [0.4, 0.5) is 0 Å². The Hall–Kier alpha value is 0.280. The van der Waals surface area contributed by atoms with Gasteiger partial charge in [0.2, 0.25) is 0 Å². The first-order valence-corrected chi connectivity index (χ1v) is 6.20. The Balaban J connectivity index is 0. The second-order valence-electron chi connectivity index (χ2n) is 5.46. The van der Waals surface area contributed by atoms with E-state index in [1.807, 2.05) is 0 Å². The van der Waals surface area contributed by atoms with Gasteiger partial charge in [-0.3, -0.25) is 0 Å². The van der Waals surface area contributed by atoms with E-state index in [9.17, 15) is 0 Å². The van der Waals surface area contributed by atoms with Gasteiger partial charge in [-0.2, -0.15) is 6.07 Å². The Kier molecular flexibility index (Phi) is 9.70. The van der Waals surface area contributed by atoms with E-state index in [2.05, 4.69) is 58.9 Å². The third kappa shape index (κ3) is 4.65. The zero-order valence-corrected chi connectivity index (χ0v) is 17.3. The topological polar surface area (TPSA) is 0 Å². The molecule has 0 spiro atoms. The van der Waals surface area contributed by atoms with Gasteiger partial charge >= 0.3 is 0 Å². The van der Waals surface area contributed by atoms with Crippen molar-refractivity contribution in [3.63, 3.8) is 0 Å². The Labute approximate surface area is 148 Å². The first kappa shape index (κ1) is 21.6. The van der Waals surface area contributed by atoms with Crippen LogP contribution in [-0.4, -0.2) is 0 Å². The van der Waals surface area contributed by atoms with Crippen LogP contribution in [0.25, 0.3) is 10.8 Å². The van der Waals surface area contributed by atoms with Gasteiger partial charge in [0, 0.05) is 25.8 Å². The summed E-state index contributed by atoms with van der Waals surface area (Å²) in [6, 6.07) is 9.35. The monoisotopic (exact) mass is 463 g/mol. The molecule has 0 bridgehead atoms. The van der Waals surface area contributed by atoms with E-state index in [-0.39, 0.29) is 50.7 Å². The SMILES string of the molecule is Cc1cc2c(C(C)C)cc(C(C)C)cc2[cH-]1.[Cl-].[Cl-].[Hf]. The first-order chi connectivity index (χ1) is 7.49. The van der Waals surface area contributed by atoms with Gasteiger partial charge in [0.15, 0.2) is 0 Å². The molecule has 0 N–H and O–H groups in total. The van der Waals surface area contributed by atoms with Gasteiger partial charge in [-0.25, -0.2) is 0 Å². The maximum absolute atomic E-state index is 2.39. The quantitative estimate of drug-likeness (QED) is 0.402. The van der Waals surface area contributed by atoms with Crippen molar-refractivity contribution in [1.29, 1.82) is 0 Å². The summed E-state index contributed by atoms with van der Waals surface area (Å²) in [5, 5.41) is 2.85. The number of benzene rings is 1. The zero-order valence-electron chi connectivity index (χ0n) is 12.2. The van der Waals surface area contributed by atoms with Crippen molar-refractivity contribution >= 4 is 10.8 Å². The smallest absolute Gasteiger partial charge is 0 e. The van der Waals surface area contributed by atoms with Crippen molar-refractivity contribution in [2.45, 2.75) is 46.5 Å². The summed E-state index contributed by atoms with van der Waals surface area (Å²) in [5.41, 5.74) is 4.33. The molecule has 0 heterocycles. The number of aryl methyl sites for hydroxylation is 1. The van der Waals surface area contributed by atoms with Crippen LogP contribution in [0.1, 0.15) is 56.2 Å². The number of rotatable bonds is 2. The molecule has 0 atom stereocenters. The van der Waals surface area contributed by atoms with Crippen LogP contribution >= 0.6 is 0 Å². The molecule has 0 aliphatic rings. The van der Waals surface area contributed by atoms with E-state index in [1.165, 1.54) is 27.5 Å². The van der Waals surface area contributed by atoms with Crippen molar-refractivity contribution in [3.05, 3.63) is 41.0 Å². The molecule has 0 unspecified atom stereocenters. The van der Waals surface area contributed by atoms with Crippen molar-refractivity contribution in [1.82, 2.24) is 0 Å². The molecule has 0 amide bonds. The van der Waals surface area contributed by atoms with Gasteiger partial charge in [0.1, 0.15) is 0 Å². The first-order valence-electron chi connectivity index (χ1n) is 6.20. The minimum atomic E-state index is 0. The van der Waals surface area contributed by atoms with Crippen molar-refractivity contribution in [2.75, 3.05) is 0 Å². The molecule has 0 aliphatic carbocycles. The number of fused-ring (bicyclic) bond motifs is 1. The van der Waals surface area contributed by atoms with Crippen LogP contribution < -0.4 is 24.8 Å². The summed E-state index contributed by atoms with van der Waals surface area (Å²) in [5.74, 6) is 1.21. The van der Waals surface area contributed by atoms with Crippen molar-refractivity contribution in [3.8, 4) is 0 Å². The van der Waals surface area contributed by atoms with Gasteiger partial charge < -0.3 is 24.8 Å². The molecule has 106 valence electrons. The Morgan fingerprint density at radius 3 is 1.95 bits per heavy atom. The summed E-state index contributed by atoms with van der Waals surface area (Å²) in [7, 11) is 0. The fourth-order valence-corrected chi connectivity index (χ4v) is 2.33. The van der Waals surface area contributed by atoms with Crippen LogP contribution in [0.15, 0.2) is 24.3 Å². The Bertz CT molecular complexity index is 513. The van der Waals surface area contributed by atoms with Gasteiger partial charge in [0.05, 0.1) is 0 Å². The fourth-order valence-electron chi connectivity index (χ4n) is 2.33. The molecule has 3 heteroatoms. The summed E-state index contributed by atoms with van der Waals surface area (Å²) in [6.07, 6.45) is 0. The molecule has 0 fully saturated rings. The third-order valence-corrected chi connectivity index (χ3v) is 3.31. The van der Waals surface area contributed by atoms with E-state index < -0.39 is 0 Å². The second kappa shape index (κ2) is 8.54. The standard InChI is InChI=1S/C16H21.2ClH.Hf/c1-10(2)13-8-14-6-12(5)7-16(14)15(9-13)11(3)4;;;/h6-11H,1-5H3;2*1H;/q-1;;;/p-2. The van der Waals surface area contributed by atoms with Gasteiger partial charge in [-0.1, -0.05) is 51.8 Å². The average Bonchev–Trinajstić information content (AvgIpc) is 2.55. The molecule has 0 saturated carbocycles. The number of halogens is 2. The van der Waals surface area contributed by atoms with Crippen LogP contribution in [0.5, 0.6) is 0 Å². The third-order valence-electron chi connectivity index (χ3n) is 3.31. The summed E-state index contributed by atoms with van der Waals surface area (Å²) < 4.78 is 0.